The highest BCUT2D eigenvalue weighted by molar-refractivity contribution is 7.89. The van der Waals surface area contributed by atoms with Gasteiger partial charge in [0, 0.05) is 11.1 Å². The highest BCUT2D eigenvalue weighted by Gasteiger charge is 2.17. The SMILES string of the molecule is CCc1cnc(C(C)NS(=O)(=O)CCO)s1. The summed E-state index contributed by atoms with van der Waals surface area (Å²) in [5.41, 5.74) is 0. The summed E-state index contributed by atoms with van der Waals surface area (Å²) in [5.74, 6) is -0.274. The zero-order valence-corrected chi connectivity index (χ0v) is 10.9. The highest BCUT2D eigenvalue weighted by atomic mass is 32.2. The van der Waals surface area contributed by atoms with Gasteiger partial charge in [-0.15, -0.1) is 11.3 Å². The molecule has 1 aromatic rings. The van der Waals surface area contributed by atoms with Crippen LogP contribution >= 0.6 is 11.3 Å². The third kappa shape index (κ3) is 3.82. The van der Waals surface area contributed by atoms with Gasteiger partial charge in [-0.3, -0.25) is 0 Å². The van der Waals surface area contributed by atoms with Crippen LogP contribution in [-0.2, 0) is 16.4 Å². The van der Waals surface area contributed by atoms with Crippen molar-refractivity contribution in [2.75, 3.05) is 12.4 Å². The molecule has 0 spiro atoms. The Balaban J connectivity index is 2.68. The Labute approximate surface area is 99.6 Å². The van der Waals surface area contributed by atoms with Crippen molar-refractivity contribution in [3.63, 3.8) is 0 Å². The van der Waals surface area contributed by atoms with Crippen LogP contribution in [0.15, 0.2) is 6.20 Å². The van der Waals surface area contributed by atoms with Crippen molar-refractivity contribution in [3.05, 3.63) is 16.1 Å². The van der Waals surface area contributed by atoms with Gasteiger partial charge in [0.15, 0.2) is 0 Å². The van der Waals surface area contributed by atoms with Gasteiger partial charge in [0.05, 0.1) is 18.4 Å². The molecule has 1 atom stereocenters. The minimum atomic E-state index is -3.41. The largest absolute Gasteiger partial charge is 0.395 e. The third-order valence-corrected chi connectivity index (χ3v) is 4.76. The first-order valence-corrected chi connectivity index (χ1v) is 7.51. The minimum Gasteiger partial charge on any atom is -0.395 e. The van der Waals surface area contributed by atoms with Crippen molar-refractivity contribution < 1.29 is 13.5 Å². The van der Waals surface area contributed by atoms with E-state index in [1.54, 1.807) is 13.1 Å². The van der Waals surface area contributed by atoms with E-state index in [2.05, 4.69) is 9.71 Å². The number of thiazole rings is 1. The van der Waals surface area contributed by atoms with Gasteiger partial charge in [-0.05, 0) is 13.3 Å². The number of aliphatic hydroxyl groups is 1. The average Bonchev–Trinajstić information content (AvgIpc) is 2.64. The molecule has 5 nitrogen and oxygen atoms in total. The number of hydrogen-bond acceptors (Lipinski definition) is 5. The lowest BCUT2D eigenvalue weighted by atomic mass is 10.4. The highest BCUT2D eigenvalue weighted by Crippen LogP contribution is 2.20. The third-order valence-electron chi connectivity index (χ3n) is 2.01. The molecule has 0 fully saturated rings. The fourth-order valence-electron chi connectivity index (χ4n) is 1.19. The molecule has 1 heterocycles. The van der Waals surface area contributed by atoms with Crippen molar-refractivity contribution in [2.24, 2.45) is 0 Å². The topological polar surface area (TPSA) is 79.3 Å². The quantitative estimate of drug-likeness (QED) is 0.792. The van der Waals surface area contributed by atoms with E-state index in [-0.39, 0.29) is 18.4 Å². The summed E-state index contributed by atoms with van der Waals surface area (Å²) in [6.45, 7) is 3.39. The van der Waals surface area contributed by atoms with Crippen molar-refractivity contribution in [1.29, 1.82) is 0 Å². The van der Waals surface area contributed by atoms with Crippen LogP contribution in [0.3, 0.4) is 0 Å². The average molecular weight is 264 g/mol. The fourth-order valence-corrected chi connectivity index (χ4v) is 3.13. The number of rotatable bonds is 6. The number of aliphatic hydroxyl groups excluding tert-OH is 1. The molecule has 1 unspecified atom stereocenters. The Morgan fingerprint density at radius 2 is 2.31 bits per heavy atom. The Bertz CT molecular complexity index is 428. The molecule has 2 N–H and O–H groups in total. The normalized spacial score (nSPS) is 13.9. The predicted molar refractivity (Wildman–Crippen MR) is 63.9 cm³/mol. The van der Waals surface area contributed by atoms with Crippen molar-refractivity contribution in [3.8, 4) is 0 Å². The first kappa shape index (κ1) is 13.6. The zero-order valence-electron chi connectivity index (χ0n) is 9.30. The smallest absolute Gasteiger partial charge is 0.214 e. The van der Waals surface area contributed by atoms with Gasteiger partial charge < -0.3 is 5.11 Å². The molecule has 0 radical (unpaired) electrons. The van der Waals surface area contributed by atoms with Gasteiger partial charge in [0.1, 0.15) is 5.01 Å². The van der Waals surface area contributed by atoms with E-state index < -0.39 is 10.0 Å². The second kappa shape index (κ2) is 5.72. The van der Waals surface area contributed by atoms with Crippen LogP contribution in [0, 0.1) is 0 Å². The van der Waals surface area contributed by atoms with E-state index in [9.17, 15) is 8.42 Å². The zero-order chi connectivity index (χ0) is 12.2. The molecule has 0 amide bonds. The lowest BCUT2D eigenvalue weighted by molar-refractivity contribution is 0.319. The number of hydrogen-bond donors (Lipinski definition) is 2. The van der Waals surface area contributed by atoms with Gasteiger partial charge in [0.2, 0.25) is 10.0 Å². The maximum Gasteiger partial charge on any atom is 0.214 e. The molecule has 0 aliphatic heterocycles. The van der Waals surface area contributed by atoms with E-state index in [0.717, 1.165) is 16.3 Å². The number of aromatic nitrogens is 1. The molecule has 0 aromatic carbocycles. The van der Waals surface area contributed by atoms with Gasteiger partial charge in [-0.1, -0.05) is 6.92 Å². The molecular formula is C9H16N2O3S2. The second-order valence-corrected chi connectivity index (χ2v) is 6.42. The van der Waals surface area contributed by atoms with E-state index in [0.29, 0.717) is 0 Å². The number of nitrogens with one attached hydrogen (secondary N) is 1. The van der Waals surface area contributed by atoms with E-state index in [1.807, 2.05) is 6.92 Å². The number of aryl methyl sites for hydroxylation is 1. The van der Waals surface area contributed by atoms with Crippen molar-refractivity contribution in [2.45, 2.75) is 26.3 Å². The molecular weight excluding hydrogens is 248 g/mol. The minimum absolute atomic E-state index is 0.274. The maximum atomic E-state index is 11.4. The summed E-state index contributed by atoms with van der Waals surface area (Å²) in [4.78, 5) is 5.29. The summed E-state index contributed by atoms with van der Waals surface area (Å²) in [6, 6.07) is -0.346. The van der Waals surface area contributed by atoms with Crippen LogP contribution in [0.25, 0.3) is 0 Å². The lowest BCUT2D eigenvalue weighted by Crippen LogP contribution is -2.30. The van der Waals surface area contributed by atoms with E-state index >= 15 is 0 Å². The van der Waals surface area contributed by atoms with Crippen molar-refractivity contribution in [1.82, 2.24) is 9.71 Å². The number of nitrogens with zero attached hydrogens (tertiary/aromatic N) is 1. The van der Waals surface area contributed by atoms with Crippen LogP contribution in [0.5, 0.6) is 0 Å². The van der Waals surface area contributed by atoms with Gasteiger partial charge in [-0.2, -0.15) is 0 Å². The second-order valence-electron chi connectivity index (χ2n) is 3.40. The van der Waals surface area contributed by atoms with Gasteiger partial charge in [0.25, 0.3) is 0 Å². The van der Waals surface area contributed by atoms with Gasteiger partial charge in [-0.25, -0.2) is 18.1 Å². The lowest BCUT2D eigenvalue weighted by Gasteiger charge is -2.10. The van der Waals surface area contributed by atoms with Crippen LogP contribution in [0.2, 0.25) is 0 Å². The molecule has 92 valence electrons. The molecule has 0 aliphatic rings. The Hall–Kier alpha value is -0.500. The Morgan fingerprint density at radius 1 is 1.62 bits per heavy atom. The summed E-state index contributed by atoms with van der Waals surface area (Å²) >= 11 is 1.50. The Morgan fingerprint density at radius 3 is 2.81 bits per heavy atom. The van der Waals surface area contributed by atoms with E-state index in [1.165, 1.54) is 11.3 Å². The summed E-state index contributed by atoms with van der Waals surface area (Å²) in [6.07, 6.45) is 2.66. The molecule has 0 bridgehead atoms. The summed E-state index contributed by atoms with van der Waals surface area (Å²) in [7, 11) is -3.41. The Kier molecular flexibility index (Phi) is 4.85. The molecule has 0 aliphatic carbocycles. The molecule has 16 heavy (non-hydrogen) atoms. The molecule has 0 saturated heterocycles. The first-order valence-electron chi connectivity index (χ1n) is 5.04. The monoisotopic (exact) mass is 264 g/mol. The van der Waals surface area contributed by atoms with Crippen LogP contribution < -0.4 is 4.72 Å². The standard InChI is InChI=1S/C9H16N2O3S2/c1-3-8-6-10-9(15-8)7(2)11-16(13,14)5-4-12/h6-7,11-12H,3-5H2,1-2H3. The summed E-state index contributed by atoms with van der Waals surface area (Å²) < 4.78 is 25.3. The first-order chi connectivity index (χ1) is 7.48. The van der Waals surface area contributed by atoms with Crippen LogP contribution in [0.4, 0.5) is 0 Å². The summed E-state index contributed by atoms with van der Waals surface area (Å²) in [5, 5.41) is 9.34. The maximum absolute atomic E-state index is 11.4. The van der Waals surface area contributed by atoms with Crippen LogP contribution in [-0.4, -0.2) is 30.9 Å². The van der Waals surface area contributed by atoms with Crippen LogP contribution in [0.1, 0.15) is 29.8 Å². The fraction of sp³-hybridized carbons (Fsp3) is 0.667. The van der Waals surface area contributed by atoms with E-state index in [4.69, 9.17) is 5.11 Å². The van der Waals surface area contributed by atoms with Gasteiger partial charge >= 0.3 is 0 Å². The predicted octanol–water partition coefficient (Wildman–Crippen LogP) is 0.678. The molecule has 1 aromatic heterocycles. The van der Waals surface area contributed by atoms with Crippen molar-refractivity contribution >= 4 is 21.4 Å². The number of sulfonamides is 1. The molecule has 1 rings (SSSR count). The molecule has 0 saturated carbocycles. The molecule has 7 heteroatoms.